The molecule has 1 unspecified atom stereocenters. The minimum absolute atomic E-state index is 0. The minimum Gasteiger partial charge on any atom is -0.344 e. The van der Waals surface area contributed by atoms with Gasteiger partial charge in [-0.3, -0.25) is 4.57 Å². The highest BCUT2D eigenvalue weighted by molar-refractivity contribution is 7.57. The molecule has 0 saturated carbocycles. The van der Waals surface area contributed by atoms with Gasteiger partial charge in [-0.2, -0.15) is 0 Å². The lowest BCUT2D eigenvalue weighted by molar-refractivity contribution is 0.480. The van der Waals surface area contributed by atoms with Gasteiger partial charge in [0.1, 0.15) is 0 Å². The molecule has 0 aliphatic carbocycles. The topological polar surface area (TPSA) is 37.3 Å². The second kappa shape index (κ2) is 9.05. The second-order valence-corrected chi connectivity index (χ2v) is 6.09. The predicted molar refractivity (Wildman–Crippen MR) is 61.2 cm³/mol. The molecule has 4 heteroatoms. The third kappa shape index (κ3) is 15.3. The molecule has 1 N–H and O–H groups in total. The molecule has 0 spiro atoms. The van der Waals surface area contributed by atoms with E-state index in [4.69, 9.17) is 4.89 Å². The van der Waals surface area contributed by atoms with Crippen molar-refractivity contribution < 1.29 is 9.46 Å². The third-order valence-electron chi connectivity index (χ3n) is 1.93. The minimum atomic E-state index is -2.72. The van der Waals surface area contributed by atoms with Gasteiger partial charge in [-0.1, -0.05) is 39.0 Å². The van der Waals surface area contributed by atoms with Crippen molar-refractivity contribution in [2.24, 2.45) is 0 Å². The zero-order valence-corrected chi connectivity index (χ0v) is 10.4. The fraction of sp³-hybridized carbons (Fsp3) is 1.00. The Bertz CT molecular complexity index is 145. The van der Waals surface area contributed by atoms with Crippen LogP contribution in [0.4, 0.5) is 0 Å². The lowest BCUT2D eigenvalue weighted by atomic mass is 10.1. The Balaban J connectivity index is 0. The molecule has 0 amide bonds. The van der Waals surface area contributed by atoms with Gasteiger partial charge < -0.3 is 4.89 Å². The van der Waals surface area contributed by atoms with Crippen molar-refractivity contribution in [1.29, 1.82) is 0 Å². The molecule has 0 aliphatic rings. The molecule has 13 heavy (non-hydrogen) atoms. The first-order valence-electron chi connectivity index (χ1n) is 4.85. The SMILES string of the molecule is CCCCCCCCP(C)(=O)O.Cl. The van der Waals surface area contributed by atoms with Crippen molar-refractivity contribution in [3.63, 3.8) is 0 Å². The molecular weight excluding hydrogens is 207 g/mol. The first-order chi connectivity index (χ1) is 5.56. The number of rotatable bonds is 7. The number of unbranched alkanes of at least 4 members (excludes halogenated alkanes) is 5. The highest BCUT2D eigenvalue weighted by Crippen LogP contribution is 2.36. The van der Waals surface area contributed by atoms with E-state index < -0.39 is 7.37 Å². The smallest absolute Gasteiger partial charge is 0.197 e. The van der Waals surface area contributed by atoms with Crippen LogP contribution in [0.25, 0.3) is 0 Å². The summed E-state index contributed by atoms with van der Waals surface area (Å²) < 4.78 is 10.9. The number of hydrogen-bond donors (Lipinski definition) is 1. The zero-order chi connectivity index (χ0) is 9.45. The molecule has 0 aromatic carbocycles. The van der Waals surface area contributed by atoms with E-state index in [0.29, 0.717) is 6.16 Å². The summed E-state index contributed by atoms with van der Waals surface area (Å²) in [5, 5.41) is 0. The van der Waals surface area contributed by atoms with Crippen LogP contribution in [0.15, 0.2) is 0 Å². The molecule has 0 fully saturated rings. The summed E-state index contributed by atoms with van der Waals surface area (Å²) in [5.41, 5.74) is 0. The number of hydrogen-bond acceptors (Lipinski definition) is 1. The van der Waals surface area contributed by atoms with Crippen molar-refractivity contribution in [1.82, 2.24) is 0 Å². The van der Waals surface area contributed by atoms with Gasteiger partial charge in [0, 0.05) is 12.8 Å². The molecule has 0 aromatic heterocycles. The lowest BCUT2D eigenvalue weighted by Gasteiger charge is -2.04. The van der Waals surface area contributed by atoms with Crippen molar-refractivity contribution in [2.45, 2.75) is 45.4 Å². The van der Waals surface area contributed by atoms with Crippen LogP contribution in [-0.4, -0.2) is 17.7 Å². The summed E-state index contributed by atoms with van der Waals surface area (Å²) in [5.74, 6) is 0. The largest absolute Gasteiger partial charge is 0.344 e. The Morgan fingerprint density at radius 3 is 2.00 bits per heavy atom. The molecule has 0 aliphatic heterocycles. The summed E-state index contributed by atoms with van der Waals surface area (Å²) in [6, 6.07) is 0. The Kier molecular flexibility index (Phi) is 11.1. The van der Waals surface area contributed by atoms with E-state index in [0.717, 1.165) is 12.8 Å². The average molecular weight is 229 g/mol. The standard InChI is InChI=1S/C9H21O2P.ClH/c1-3-4-5-6-7-8-9-12(2,10)11;/h3-9H2,1-2H3,(H,10,11);1H. The quantitative estimate of drug-likeness (QED) is 0.533. The van der Waals surface area contributed by atoms with Crippen LogP contribution in [0, 0.1) is 0 Å². The Hall–Kier alpha value is 0.480. The first kappa shape index (κ1) is 15.9. The summed E-state index contributed by atoms with van der Waals surface area (Å²) in [6.45, 7) is 3.63. The van der Waals surface area contributed by atoms with Crippen molar-refractivity contribution in [2.75, 3.05) is 12.8 Å². The molecule has 0 aromatic rings. The molecule has 0 rings (SSSR count). The van der Waals surface area contributed by atoms with Crippen LogP contribution >= 0.6 is 19.8 Å². The van der Waals surface area contributed by atoms with E-state index in [-0.39, 0.29) is 12.4 Å². The predicted octanol–water partition coefficient (Wildman–Crippen LogP) is 3.67. The molecule has 0 heterocycles. The molecule has 1 atom stereocenters. The molecule has 0 bridgehead atoms. The van der Waals surface area contributed by atoms with Gasteiger partial charge in [-0.25, -0.2) is 0 Å². The van der Waals surface area contributed by atoms with Crippen molar-refractivity contribution in [3.8, 4) is 0 Å². The van der Waals surface area contributed by atoms with Crippen LogP contribution in [0.5, 0.6) is 0 Å². The molecule has 2 nitrogen and oxygen atoms in total. The fourth-order valence-corrected chi connectivity index (χ4v) is 2.00. The van der Waals surface area contributed by atoms with Crippen LogP contribution < -0.4 is 0 Å². The maximum atomic E-state index is 10.9. The zero-order valence-electron chi connectivity index (χ0n) is 8.66. The maximum Gasteiger partial charge on any atom is 0.197 e. The van der Waals surface area contributed by atoms with Gasteiger partial charge in [0.15, 0.2) is 7.37 Å². The first-order valence-corrected chi connectivity index (χ1v) is 7.15. The number of halogens is 1. The van der Waals surface area contributed by atoms with Gasteiger partial charge in [-0.15, -0.1) is 12.4 Å². The Morgan fingerprint density at radius 1 is 1.08 bits per heavy atom. The summed E-state index contributed by atoms with van der Waals surface area (Å²) in [7, 11) is -2.72. The molecule has 0 radical (unpaired) electrons. The molecular formula is C9H22ClO2P. The molecule has 0 saturated heterocycles. The fourth-order valence-electron chi connectivity index (χ4n) is 1.19. The van der Waals surface area contributed by atoms with Gasteiger partial charge in [0.25, 0.3) is 0 Å². The van der Waals surface area contributed by atoms with Gasteiger partial charge >= 0.3 is 0 Å². The highest BCUT2D eigenvalue weighted by Gasteiger charge is 2.07. The summed E-state index contributed by atoms with van der Waals surface area (Å²) in [4.78, 5) is 8.98. The van der Waals surface area contributed by atoms with Crippen LogP contribution in [0.2, 0.25) is 0 Å². The lowest BCUT2D eigenvalue weighted by Crippen LogP contribution is -1.87. The Morgan fingerprint density at radius 2 is 1.54 bits per heavy atom. The highest BCUT2D eigenvalue weighted by atomic mass is 35.5. The van der Waals surface area contributed by atoms with E-state index in [1.165, 1.54) is 32.3 Å². The summed E-state index contributed by atoms with van der Waals surface area (Å²) >= 11 is 0. The van der Waals surface area contributed by atoms with Crippen molar-refractivity contribution >= 4 is 19.8 Å². The third-order valence-corrected chi connectivity index (χ3v) is 3.07. The van der Waals surface area contributed by atoms with E-state index in [9.17, 15) is 4.57 Å². The summed E-state index contributed by atoms with van der Waals surface area (Å²) in [6.07, 6.45) is 7.56. The van der Waals surface area contributed by atoms with Crippen LogP contribution in [-0.2, 0) is 4.57 Å². The van der Waals surface area contributed by atoms with E-state index in [2.05, 4.69) is 6.92 Å². The van der Waals surface area contributed by atoms with Gasteiger partial charge in [-0.05, 0) is 6.42 Å². The maximum absolute atomic E-state index is 10.9. The van der Waals surface area contributed by atoms with Crippen LogP contribution in [0.3, 0.4) is 0 Å². The van der Waals surface area contributed by atoms with E-state index >= 15 is 0 Å². The average Bonchev–Trinajstić information content (AvgIpc) is 1.94. The van der Waals surface area contributed by atoms with E-state index in [1.54, 1.807) is 0 Å². The molecule has 82 valence electrons. The van der Waals surface area contributed by atoms with Gasteiger partial charge in [0.2, 0.25) is 0 Å². The normalized spacial score (nSPS) is 14.7. The van der Waals surface area contributed by atoms with Gasteiger partial charge in [0.05, 0.1) is 0 Å². The van der Waals surface area contributed by atoms with E-state index in [1.807, 2.05) is 0 Å². The Labute approximate surface area is 88.0 Å². The van der Waals surface area contributed by atoms with Crippen molar-refractivity contribution in [3.05, 3.63) is 0 Å². The van der Waals surface area contributed by atoms with Crippen LogP contribution in [0.1, 0.15) is 45.4 Å². The monoisotopic (exact) mass is 228 g/mol. The second-order valence-electron chi connectivity index (χ2n) is 3.54.